The Morgan fingerprint density at radius 1 is 1.37 bits per heavy atom. The molecule has 19 heavy (non-hydrogen) atoms. The lowest BCUT2D eigenvalue weighted by atomic mass is 10.3. The van der Waals surface area contributed by atoms with E-state index in [1.54, 1.807) is 29.5 Å². The largest absolute Gasteiger partial charge is 0.378 e. The predicted octanol–water partition coefficient (Wildman–Crippen LogP) is 2.99. The number of hydrogen-bond donors (Lipinski definition) is 1. The van der Waals surface area contributed by atoms with E-state index in [9.17, 15) is 0 Å². The highest BCUT2D eigenvalue weighted by Crippen LogP contribution is 2.22. The van der Waals surface area contributed by atoms with E-state index in [-0.39, 0.29) is 0 Å². The summed E-state index contributed by atoms with van der Waals surface area (Å²) in [5.41, 5.74) is 2.95. The highest BCUT2D eigenvalue weighted by atomic mass is 35.5. The average molecular weight is 292 g/mol. The van der Waals surface area contributed by atoms with E-state index in [4.69, 9.17) is 11.6 Å². The summed E-state index contributed by atoms with van der Waals surface area (Å²) >= 11 is 7.43. The summed E-state index contributed by atoms with van der Waals surface area (Å²) in [6.07, 6.45) is 6.93. The SMILES string of the molecule is Clc1cc(CNc2cnccc2-n2ccnn2)cs1. The van der Waals surface area contributed by atoms with Gasteiger partial charge in [0.05, 0.1) is 34.3 Å². The Morgan fingerprint density at radius 2 is 2.32 bits per heavy atom. The van der Waals surface area contributed by atoms with Gasteiger partial charge in [0, 0.05) is 12.7 Å². The van der Waals surface area contributed by atoms with Crippen LogP contribution in [-0.4, -0.2) is 20.0 Å². The van der Waals surface area contributed by atoms with Gasteiger partial charge in [-0.25, -0.2) is 4.68 Å². The van der Waals surface area contributed by atoms with Crippen LogP contribution in [0.4, 0.5) is 5.69 Å². The smallest absolute Gasteiger partial charge is 0.0931 e. The third-order valence-electron chi connectivity index (χ3n) is 2.57. The van der Waals surface area contributed by atoms with Gasteiger partial charge in [0.25, 0.3) is 0 Å². The molecule has 1 N–H and O–H groups in total. The van der Waals surface area contributed by atoms with Gasteiger partial charge in [0.1, 0.15) is 0 Å². The van der Waals surface area contributed by atoms with Crippen molar-refractivity contribution < 1.29 is 0 Å². The van der Waals surface area contributed by atoms with Gasteiger partial charge in [-0.3, -0.25) is 4.98 Å². The lowest BCUT2D eigenvalue weighted by molar-refractivity contribution is 0.801. The zero-order valence-electron chi connectivity index (χ0n) is 9.82. The van der Waals surface area contributed by atoms with Crippen molar-refractivity contribution in [3.05, 3.63) is 52.2 Å². The maximum Gasteiger partial charge on any atom is 0.0931 e. The summed E-state index contributed by atoms with van der Waals surface area (Å²) < 4.78 is 2.49. The number of hydrogen-bond acceptors (Lipinski definition) is 5. The highest BCUT2D eigenvalue weighted by Gasteiger charge is 2.05. The van der Waals surface area contributed by atoms with E-state index in [1.807, 2.05) is 17.5 Å². The fourth-order valence-corrected chi connectivity index (χ4v) is 2.60. The molecule has 0 aliphatic rings. The third kappa shape index (κ3) is 2.74. The normalized spacial score (nSPS) is 10.6. The molecule has 0 radical (unpaired) electrons. The monoisotopic (exact) mass is 291 g/mol. The number of anilines is 1. The Morgan fingerprint density at radius 3 is 3.05 bits per heavy atom. The first kappa shape index (κ1) is 12.1. The number of thiophene rings is 1. The Labute approximate surface area is 118 Å². The van der Waals surface area contributed by atoms with E-state index in [2.05, 4.69) is 20.6 Å². The van der Waals surface area contributed by atoms with Crippen molar-refractivity contribution >= 4 is 28.6 Å². The van der Waals surface area contributed by atoms with Crippen LogP contribution in [-0.2, 0) is 6.54 Å². The summed E-state index contributed by atoms with van der Waals surface area (Å²) in [6.45, 7) is 0.691. The van der Waals surface area contributed by atoms with Gasteiger partial charge < -0.3 is 5.32 Å². The zero-order valence-corrected chi connectivity index (χ0v) is 11.4. The topological polar surface area (TPSA) is 55.6 Å². The van der Waals surface area contributed by atoms with Gasteiger partial charge in [-0.15, -0.1) is 16.4 Å². The number of nitrogens with zero attached hydrogens (tertiary/aromatic N) is 4. The van der Waals surface area contributed by atoms with E-state index >= 15 is 0 Å². The molecule has 0 spiro atoms. The molecule has 0 bridgehead atoms. The van der Waals surface area contributed by atoms with Crippen LogP contribution in [0.1, 0.15) is 5.56 Å². The molecular formula is C12H10ClN5S. The average Bonchev–Trinajstić information content (AvgIpc) is 3.08. The van der Waals surface area contributed by atoms with E-state index in [0.29, 0.717) is 6.54 Å². The van der Waals surface area contributed by atoms with Crippen LogP contribution in [0.5, 0.6) is 0 Å². The van der Waals surface area contributed by atoms with E-state index in [1.165, 1.54) is 11.3 Å². The van der Waals surface area contributed by atoms with Crippen molar-refractivity contribution in [2.24, 2.45) is 0 Å². The minimum Gasteiger partial charge on any atom is -0.378 e. The van der Waals surface area contributed by atoms with Gasteiger partial charge in [0.15, 0.2) is 0 Å². The Hall–Kier alpha value is -1.92. The molecule has 0 fully saturated rings. The van der Waals surface area contributed by atoms with E-state index in [0.717, 1.165) is 21.3 Å². The molecule has 0 unspecified atom stereocenters. The molecular weight excluding hydrogens is 282 g/mol. The minimum absolute atomic E-state index is 0.691. The standard InChI is InChI=1S/C12H10ClN5S/c13-12-5-9(8-19-12)6-15-10-7-14-2-1-11(10)18-4-3-16-17-18/h1-5,7-8,15H,6H2. The molecule has 96 valence electrons. The summed E-state index contributed by atoms with van der Waals surface area (Å²) in [5.74, 6) is 0. The Balaban J connectivity index is 1.81. The number of aromatic nitrogens is 4. The van der Waals surface area contributed by atoms with Gasteiger partial charge in [-0.2, -0.15) is 0 Å². The van der Waals surface area contributed by atoms with Gasteiger partial charge >= 0.3 is 0 Å². The van der Waals surface area contributed by atoms with Crippen molar-refractivity contribution in [3.63, 3.8) is 0 Å². The van der Waals surface area contributed by atoms with Crippen molar-refractivity contribution in [1.29, 1.82) is 0 Å². The minimum atomic E-state index is 0.691. The molecule has 5 nitrogen and oxygen atoms in total. The number of rotatable bonds is 4. The molecule has 3 heterocycles. The predicted molar refractivity (Wildman–Crippen MR) is 75.8 cm³/mol. The lowest BCUT2D eigenvalue weighted by Gasteiger charge is -2.10. The second-order valence-electron chi connectivity index (χ2n) is 3.85. The molecule has 3 aromatic heterocycles. The van der Waals surface area contributed by atoms with Crippen LogP contribution in [0.2, 0.25) is 4.34 Å². The van der Waals surface area contributed by atoms with Gasteiger partial charge in [0.2, 0.25) is 0 Å². The van der Waals surface area contributed by atoms with E-state index < -0.39 is 0 Å². The van der Waals surface area contributed by atoms with Crippen molar-refractivity contribution in [1.82, 2.24) is 20.0 Å². The second-order valence-corrected chi connectivity index (χ2v) is 5.40. The molecule has 0 saturated carbocycles. The second kappa shape index (κ2) is 5.38. The van der Waals surface area contributed by atoms with Crippen LogP contribution in [0, 0.1) is 0 Å². The number of pyridine rings is 1. The van der Waals surface area contributed by atoms with Gasteiger partial charge in [-0.05, 0) is 23.1 Å². The van der Waals surface area contributed by atoms with Crippen LogP contribution < -0.4 is 5.32 Å². The van der Waals surface area contributed by atoms with Crippen LogP contribution in [0.3, 0.4) is 0 Å². The van der Waals surface area contributed by atoms with Gasteiger partial charge in [-0.1, -0.05) is 16.8 Å². The van der Waals surface area contributed by atoms with Crippen molar-refractivity contribution in [2.45, 2.75) is 6.54 Å². The lowest BCUT2D eigenvalue weighted by Crippen LogP contribution is -2.05. The molecule has 7 heteroatoms. The highest BCUT2D eigenvalue weighted by molar-refractivity contribution is 7.14. The van der Waals surface area contributed by atoms with Crippen LogP contribution >= 0.6 is 22.9 Å². The number of nitrogens with one attached hydrogen (secondary N) is 1. The first-order valence-corrected chi connectivity index (χ1v) is 6.86. The summed E-state index contributed by atoms with van der Waals surface area (Å²) in [7, 11) is 0. The maximum atomic E-state index is 5.91. The Kier molecular flexibility index (Phi) is 3.43. The molecule has 0 aliphatic heterocycles. The maximum absolute atomic E-state index is 5.91. The zero-order chi connectivity index (χ0) is 13.1. The van der Waals surface area contributed by atoms with Crippen molar-refractivity contribution in [3.8, 4) is 5.69 Å². The molecule has 0 atom stereocenters. The first-order valence-electron chi connectivity index (χ1n) is 5.60. The Bertz CT molecular complexity index is 664. The molecule has 3 rings (SSSR count). The molecule has 0 aromatic carbocycles. The van der Waals surface area contributed by atoms with Crippen LogP contribution in [0.15, 0.2) is 42.3 Å². The summed E-state index contributed by atoms with van der Waals surface area (Å²) in [4.78, 5) is 4.13. The molecule has 0 amide bonds. The van der Waals surface area contributed by atoms with Crippen LogP contribution in [0.25, 0.3) is 5.69 Å². The summed E-state index contributed by atoms with van der Waals surface area (Å²) in [6, 6.07) is 3.84. The fraction of sp³-hybridized carbons (Fsp3) is 0.0833. The molecule has 0 saturated heterocycles. The van der Waals surface area contributed by atoms with Crippen molar-refractivity contribution in [2.75, 3.05) is 5.32 Å². The molecule has 0 aliphatic carbocycles. The molecule has 3 aromatic rings. The number of halogens is 1. The third-order valence-corrected chi connectivity index (χ3v) is 3.71. The summed E-state index contributed by atoms with van der Waals surface area (Å²) in [5, 5.41) is 13.2. The fourth-order valence-electron chi connectivity index (χ4n) is 1.70. The first-order chi connectivity index (χ1) is 9.33. The quantitative estimate of drug-likeness (QED) is 0.803.